The van der Waals surface area contributed by atoms with E-state index in [0.29, 0.717) is 25.9 Å². The van der Waals surface area contributed by atoms with Crippen molar-refractivity contribution >= 4 is 11.8 Å². The van der Waals surface area contributed by atoms with Crippen molar-refractivity contribution in [3.05, 3.63) is 35.9 Å². The maximum Gasteiger partial charge on any atom is 0.404 e. The van der Waals surface area contributed by atoms with Crippen molar-refractivity contribution in [3.8, 4) is 0 Å². The van der Waals surface area contributed by atoms with Gasteiger partial charge in [0, 0.05) is 45.7 Å². The van der Waals surface area contributed by atoms with Crippen LogP contribution in [0, 0.1) is 11.3 Å². The van der Waals surface area contributed by atoms with Crippen LogP contribution in [0.1, 0.15) is 44.6 Å². The lowest BCUT2D eigenvalue weighted by Crippen LogP contribution is -2.55. The van der Waals surface area contributed by atoms with Crippen LogP contribution < -0.4 is 0 Å². The Hall–Kier alpha value is -2.09. The van der Waals surface area contributed by atoms with Gasteiger partial charge in [-0.1, -0.05) is 43.7 Å². The van der Waals surface area contributed by atoms with Crippen molar-refractivity contribution in [2.24, 2.45) is 11.3 Å². The van der Waals surface area contributed by atoms with Gasteiger partial charge < -0.3 is 9.80 Å². The third-order valence-electron chi connectivity index (χ3n) is 6.90. The molecule has 0 aliphatic carbocycles. The third-order valence-corrected chi connectivity index (χ3v) is 6.90. The number of alkyl halides is 3. The summed E-state index contributed by atoms with van der Waals surface area (Å²) in [6.07, 6.45) is -2.08. The highest BCUT2D eigenvalue weighted by Crippen LogP contribution is 2.47. The van der Waals surface area contributed by atoms with Gasteiger partial charge in [0.25, 0.3) is 0 Å². The number of carbonyl (C=O) groups excluding carboxylic acids is 2. The van der Waals surface area contributed by atoms with E-state index in [-0.39, 0.29) is 44.4 Å². The summed E-state index contributed by atoms with van der Waals surface area (Å²) in [5.74, 6) is -1.02. The molecule has 0 bridgehead atoms. The van der Waals surface area contributed by atoms with Gasteiger partial charge in [-0.2, -0.15) is 13.2 Å². The maximum atomic E-state index is 14.2. The van der Waals surface area contributed by atoms with E-state index in [1.54, 1.807) is 16.8 Å². The van der Waals surface area contributed by atoms with Gasteiger partial charge in [0.2, 0.25) is 11.8 Å². The molecule has 8 heteroatoms. The molecule has 1 aromatic carbocycles. The van der Waals surface area contributed by atoms with Crippen LogP contribution in [0.2, 0.25) is 0 Å². The molecule has 0 radical (unpaired) electrons. The molecular formula is C24H34F3N3O2. The average molecular weight is 454 g/mol. The number of rotatable bonds is 7. The largest absolute Gasteiger partial charge is 0.404 e. The number of piperidine rings is 1. The summed E-state index contributed by atoms with van der Waals surface area (Å²) in [7, 11) is 1.77. The Balaban J connectivity index is 1.63. The molecule has 0 saturated carbocycles. The lowest BCUT2D eigenvalue weighted by Gasteiger charge is -2.39. The normalized spacial score (nSPS) is 22.8. The van der Waals surface area contributed by atoms with Crippen molar-refractivity contribution in [2.75, 3.05) is 39.8 Å². The fourth-order valence-electron chi connectivity index (χ4n) is 4.84. The molecule has 0 N–H and O–H groups in total. The first kappa shape index (κ1) is 24.6. The molecule has 178 valence electrons. The lowest BCUT2D eigenvalue weighted by molar-refractivity contribution is -0.224. The van der Waals surface area contributed by atoms with Gasteiger partial charge in [0.1, 0.15) is 0 Å². The van der Waals surface area contributed by atoms with E-state index in [1.807, 2.05) is 30.3 Å². The van der Waals surface area contributed by atoms with Crippen molar-refractivity contribution < 1.29 is 22.8 Å². The van der Waals surface area contributed by atoms with Gasteiger partial charge in [-0.25, -0.2) is 0 Å². The summed E-state index contributed by atoms with van der Waals surface area (Å²) in [5, 5.41) is 0. The van der Waals surface area contributed by atoms with E-state index in [1.165, 1.54) is 4.90 Å². The second-order valence-corrected chi connectivity index (χ2v) is 9.21. The summed E-state index contributed by atoms with van der Waals surface area (Å²) < 4.78 is 42.7. The Labute approximate surface area is 188 Å². The van der Waals surface area contributed by atoms with Crippen LogP contribution in [0.5, 0.6) is 0 Å². The molecule has 3 rings (SSSR count). The van der Waals surface area contributed by atoms with Gasteiger partial charge in [0.05, 0.1) is 0 Å². The van der Waals surface area contributed by atoms with Crippen LogP contribution in [0.3, 0.4) is 0 Å². The lowest BCUT2D eigenvalue weighted by atomic mass is 9.83. The number of carbonyl (C=O) groups is 2. The third kappa shape index (κ3) is 5.27. The number of benzene rings is 1. The molecule has 5 nitrogen and oxygen atoms in total. The number of nitrogens with zero attached hydrogens (tertiary/aromatic N) is 3. The smallest absolute Gasteiger partial charge is 0.346 e. The van der Waals surface area contributed by atoms with Crippen LogP contribution in [-0.4, -0.2) is 72.5 Å². The second-order valence-electron chi connectivity index (χ2n) is 9.21. The molecular weight excluding hydrogens is 419 g/mol. The first-order chi connectivity index (χ1) is 15.2. The van der Waals surface area contributed by atoms with E-state index in [4.69, 9.17) is 0 Å². The summed E-state index contributed by atoms with van der Waals surface area (Å²) in [6.45, 7) is 3.46. The predicted octanol–water partition coefficient (Wildman–Crippen LogP) is 3.94. The number of unbranched alkanes of at least 4 members (excludes halogenated alkanes) is 1. The minimum absolute atomic E-state index is 0.0333. The predicted molar refractivity (Wildman–Crippen MR) is 117 cm³/mol. The average Bonchev–Trinajstić information content (AvgIpc) is 3.22. The van der Waals surface area contributed by atoms with E-state index in [2.05, 4.69) is 6.92 Å². The van der Waals surface area contributed by atoms with Crippen LogP contribution in [-0.2, 0) is 16.1 Å². The SMILES string of the molecule is CCCCN(C)C(=O)C1CCN(C(=O)C2(C(F)(F)F)CCN(Cc3ccccc3)C2)CC1. The number of likely N-dealkylation sites (tertiary alicyclic amines) is 2. The molecule has 1 aromatic rings. The van der Waals surface area contributed by atoms with Gasteiger partial charge in [-0.3, -0.25) is 14.5 Å². The van der Waals surface area contributed by atoms with Gasteiger partial charge in [-0.05, 0) is 37.8 Å². The zero-order valence-corrected chi connectivity index (χ0v) is 19.0. The molecule has 1 unspecified atom stereocenters. The van der Waals surface area contributed by atoms with E-state index in [0.717, 1.165) is 18.4 Å². The summed E-state index contributed by atoms with van der Waals surface area (Å²) in [6, 6.07) is 9.35. The van der Waals surface area contributed by atoms with Gasteiger partial charge >= 0.3 is 6.18 Å². The topological polar surface area (TPSA) is 43.9 Å². The highest BCUT2D eigenvalue weighted by atomic mass is 19.4. The molecule has 2 saturated heterocycles. The number of hydrogen-bond acceptors (Lipinski definition) is 3. The fraction of sp³-hybridized carbons (Fsp3) is 0.667. The Morgan fingerprint density at radius 1 is 1.12 bits per heavy atom. The minimum Gasteiger partial charge on any atom is -0.346 e. The molecule has 2 fully saturated rings. The zero-order chi connectivity index (χ0) is 23.4. The Kier molecular flexibility index (Phi) is 7.85. The Morgan fingerprint density at radius 2 is 1.78 bits per heavy atom. The molecule has 2 heterocycles. The molecule has 2 amide bonds. The Morgan fingerprint density at radius 3 is 2.38 bits per heavy atom. The standard InChI is InChI=1S/C24H34F3N3O2/c1-3-4-13-28(2)21(31)20-10-14-30(15-11-20)22(32)23(24(25,26)27)12-16-29(18-23)17-19-8-6-5-7-9-19/h5-9,20H,3-4,10-18H2,1-2H3. The van der Waals surface area contributed by atoms with Crippen LogP contribution in [0.15, 0.2) is 30.3 Å². The van der Waals surface area contributed by atoms with Crippen molar-refractivity contribution in [3.63, 3.8) is 0 Å². The van der Waals surface area contributed by atoms with Crippen molar-refractivity contribution in [2.45, 2.75) is 51.7 Å². The summed E-state index contributed by atoms with van der Waals surface area (Å²) in [4.78, 5) is 30.6. The summed E-state index contributed by atoms with van der Waals surface area (Å²) in [5.41, 5.74) is -1.43. The minimum atomic E-state index is -4.61. The molecule has 1 atom stereocenters. The Bertz CT molecular complexity index is 778. The maximum absolute atomic E-state index is 14.2. The highest BCUT2D eigenvalue weighted by molar-refractivity contribution is 5.85. The molecule has 32 heavy (non-hydrogen) atoms. The van der Waals surface area contributed by atoms with Gasteiger partial charge in [0.15, 0.2) is 5.41 Å². The quantitative estimate of drug-likeness (QED) is 0.628. The van der Waals surface area contributed by atoms with Crippen molar-refractivity contribution in [1.29, 1.82) is 0 Å². The monoisotopic (exact) mass is 453 g/mol. The number of halogens is 3. The van der Waals surface area contributed by atoms with Crippen LogP contribution in [0.25, 0.3) is 0 Å². The first-order valence-electron chi connectivity index (χ1n) is 11.6. The second kappa shape index (κ2) is 10.2. The zero-order valence-electron chi connectivity index (χ0n) is 19.0. The molecule has 2 aliphatic rings. The van der Waals surface area contributed by atoms with Crippen molar-refractivity contribution in [1.82, 2.24) is 14.7 Å². The van der Waals surface area contributed by atoms with Crippen LogP contribution in [0.4, 0.5) is 13.2 Å². The molecule has 0 spiro atoms. The van der Waals surface area contributed by atoms with Crippen LogP contribution >= 0.6 is 0 Å². The first-order valence-corrected chi connectivity index (χ1v) is 11.6. The summed E-state index contributed by atoms with van der Waals surface area (Å²) >= 11 is 0. The molecule has 0 aromatic heterocycles. The van der Waals surface area contributed by atoms with Gasteiger partial charge in [-0.15, -0.1) is 0 Å². The van der Waals surface area contributed by atoms with E-state index in [9.17, 15) is 22.8 Å². The van der Waals surface area contributed by atoms with E-state index < -0.39 is 17.5 Å². The van der Waals surface area contributed by atoms with E-state index >= 15 is 0 Å². The highest BCUT2D eigenvalue weighted by Gasteiger charge is 2.64. The number of hydrogen-bond donors (Lipinski definition) is 0. The fourth-order valence-corrected chi connectivity index (χ4v) is 4.84. The molecule has 2 aliphatic heterocycles. The number of amides is 2.